The van der Waals surface area contributed by atoms with Gasteiger partial charge in [0.05, 0.1) is 0 Å². The normalized spacial score (nSPS) is 22.2. The summed E-state index contributed by atoms with van der Waals surface area (Å²) in [5, 5.41) is 0. The second-order valence-electron chi connectivity index (χ2n) is 9.12. The number of carbonyl (C=O) groups is 1. The number of rotatable bonds is 5. The van der Waals surface area contributed by atoms with Gasteiger partial charge in [0, 0.05) is 51.4 Å². The van der Waals surface area contributed by atoms with E-state index in [2.05, 4.69) is 49.1 Å². The highest BCUT2D eigenvalue weighted by molar-refractivity contribution is 5.80. The van der Waals surface area contributed by atoms with E-state index in [-0.39, 0.29) is 5.92 Å². The lowest BCUT2D eigenvalue weighted by molar-refractivity contribution is -0.138. The topological polar surface area (TPSA) is 42.0 Å². The van der Waals surface area contributed by atoms with Crippen molar-refractivity contribution in [2.45, 2.75) is 58.1 Å². The van der Waals surface area contributed by atoms with E-state index in [0.717, 1.165) is 77.2 Å². The fourth-order valence-electron chi connectivity index (χ4n) is 4.78. The Morgan fingerprint density at radius 3 is 2.33 bits per heavy atom. The predicted molar refractivity (Wildman–Crippen MR) is 120 cm³/mol. The maximum absolute atomic E-state index is 12.7. The molecule has 1 aromatic rings. The molecule has 1 amide bonds. The molecule has 3 aliphatic heterocycles. The number of carbonyl (C=O) groups excluding carboxylic acids is 1. The number of hydrogen-bond donors (Lipinski definition) is 0. The number of ether oxygens (including phenoxy) is 2. The van der Waals surface area contributed by atoms with Crippen molar-refractivity contribution in [3.8, 4) is 5.75 Å². The van der Waals surface area contributed by atoms with Gasteiger partial charge in [-0.05, 0) is 69.2 Å². The molecule has 2 fully saturated rings. The number of likely N-dealkylation sites (tertiary alicyclic amines) is 1. The third kappa shape index (κ3) is 5.25. The molecule has 0 aromatic heterocycles. The summed E-state index contributed by atoms with van der Waals surface area (Å²) in [6, 6.07) is 9.16. The molecule has 0 atom stereocenters. The molecule has 0 spiro atoms. The summed E-state index contributed by atoms with van der Waals surface area (Å²) in [7, 11) is 0. The molecule has 0 N–H and O–H groups in total. The Hall–Kier alpha value is -1.85. The maximum Gasteiger partial charge on any atom is 0.226 e. The first-order chi connectivity index (χ1) is 14.6. The average molecular weight is 413 g/mol. The van der Waals surface area contributed by atoms with Crippen LogP contribution in [0.1, 0.15) is 51.5 Å². The molecule has 30 heavy (non-hydrogen) atoms. The molecule has 3 heterocycles. The van der Waals surface area contributed by atoms with E-state index >= 15 is 0 Å². The highest BCUT2D eigenvalue weighted by Crippen LogP contribution is 2.27. The van der Waals surface area contributed by atoms with Crippen LogP contribution in [0.5, 0.6) is 5.75 Å². The van der Waals surface area contributed by atoms with Gasteiger partial charge >= 0.3 is 0 Å². The zero-order valence-electron chi connectivity index (χ0n) is 18.5. The molecule has 164 valence electrons. The van der Waals surface area contributed by atoms with Crippen LogP contribution in [0.3, 0.4) is 0 Å². The minimum atomic E-state index is 0.150. The van der Waals surface area contributed by atoms with Gasteiger partial charge in [-0.25, -0.2) is 0 Å². The van der Waals surface area contributed by atoms with E-state index in [9.17, 15) is 4.79 Å². The zero-order valence-corrected chi connectivity index (χ0v) is 18.5. The van der Waals surface area contributed by atoms with E-state index < -0.39 is 0 Å². The third-order valence-electron chi connectivity index (χ3n) is 6.83. The van der Waals surface area contributed by atoms with Gasteiger partial charge in [0.2, 0.25) is 5.91 Å². The molecule has 5 nitrogen and oxygen atoms in total. The van der Waals surface area contributed by atoms with Crippen LogP contribution in [0.15, 0.2) is 30.3 Å². The highest BCUT2D eigenvalue weighted by Gasteiger charge is 2.27. The Morgan fingerprint density at radius 1 is 1.03 bits per heavy atom. The molecule has 5 heteroatoms. The smallest absolute Gasteiger partial charge is 0.226 e. The van der Waals surface area contributed by atoms with Gasteiger partial charge in [-0.15, -0.1) is 0 Å². The van der Waals surface area contributed by atoms with Crippen molar-refractivity contribution < 1.29 is 14.3 Å². The van der Waals surface area contributed by atoms with E-state index in [4.69, 9.17) is 9.47 Å². The summed E-state index contributed by atoms with van der Waals surface area (Å²) in [6.45, 7) is 9.74. The average Bonchev–Trinajstić information content (AvgIpc) is 2.80. The van der Waals surface area contributed by atoms with Crippen LogP contribution in [0.2, 0.25) is 0 Å². The van der Waals surface area contributed by atoms with Crippen molar-refractivity contribution in [2.75, 3.05) is 39.4 Å². The first-order valence-electron chi connectivity index (χ1n) is 11.7. The molecule has 3 aliphatic rings. The molecular formula is C25H36N2O3. The molecular weight excluding hydrogens is 376 g/mol. The Bertz CT molecular complexity index is 729. The Morgan fingerprint density at radius 2 is 1.73 bits per heavy atom. The summed E-state index contributed by atoms with van der Waals surface area (Å²) in [5.74, 6) is 1.42. The van der Waals surface area contributed by atoms with E-state index in [1.54, 1.807) is 0 Å². The molecule has 2 saturated heterocycles. The van der Waals surface area contributed by atoms with Crippen molar-refractivity contribution in [1.29, 1.82) is 0 Å². The number of nitrogens with zero attached hydrogens (tertiary/aromatic N) is 2. The fourth-order valence-corrected chi connectivity index (χ4v) is 4.78. The summed E-state index contributed by atoms with van der Waals surface area (Å²) < 4.78 is 11.6. The van der Waals surface area contributed by atoms with Gasteiger partial charge in [-0.3, -0.25) is 4.79 Å². The van der Waals surface area contributed by atoms with Gasteiger partial charge in [-0.1, -0.05) is 18.2 Å². The number of amides is 1. The van der Waals surface area contributed by atoms with Gasteiger partial charge in [0.25, 0.3) is 0 Å². The van der Waals surface area contributed by atoms with Crippen LogP contribution in [-0.4, -0.2) is 67.2 Å². The standard InChI is InChI=1S/C25H36N2O3/c1-19(2)26-15-9-24(10-16-26)30-23-5-3-20(4-6-23)21-7-13-27(14-8-21)25(28)22-11-17-29-18-12-22/h3-7,19,22,24H,8-18H2,1-2H3. The van der Waals surface area contributed by atoms with Crippen LogP contribution in [-0.2, 0) is 9.53 Å². The number of piperidine rings is 1. The fraction of sp³-hybridized carbons (Fsp3) is 0.640. The quantitative estimate of drug-likeness (QED) is 0.734. The SMILES string of the molecule is CC(C)N1CCC(Oc2ccc(C3=CCN(C(=O)C4CCOCC4)CC3)cc2)CC1. The van der Waals surface area contributed by atoms with Gasteiger partial charge < -0.3 is 19.3 Å². The van der Waals surface area contributed by atoms with Crippen molar-refractivity contribution in [3.63, 3.8) is 0 Å². The van der Waals surface area contributed by atoms with E-state index in [0.29, 0.717) is 18.1 Å². The third-order valence-corrected chi connectivity index (χ3v) is 6.83. The summed E-state index contributed by atoms with van der Waals surface area (Å²) in [6.07, 6.45) is 7.39. The largest absolute Gasteiger partial charge is 0.490 e. The number of hydrogen-bond acceptors (Lipinski definition) is 4. The maximum atomic E-state index is 12.7. The summed E-state index contributed by atoms with van der Waals surface area (Å²) >= 11 is 0. The zero-order chi connectivity index (χ0) is 20.9. The van der Waals surface area contributed by atoms with Crippen molar-refractivity contribution >= 4 is 11.5 Å². The Labute approximate surface area is 181 Å². The number of benzene rings is 1. The van der Waals surface area contributed by atoms with Crippen LogP contribution in [0.4, 0.5) is 0 Å². The molecule has 0 bridgehead atoms. The monoisotopic (exact) mass is 412 g/mol. The highest BCUT2D eigenvalue weighted by atomic mass is 16.5. The van der Waals surface area contributed by atoms with E-state index in [1.165, 1.54) is 11.1 Å². The lowest BCUT2D eigenvalue weighted by Crippen LogP contribution is -2.41. The molecule has 1 aromatic carbocycles. The Kier molecular flexibility index (Phi) is 7.11. The van der Waals surface area contributed by atoms with Crippen LogP contribution >= 0.6 is 0 Å². The predicted octanol–water partition coefficient (Wildman–Crippen LogP) is 3.98. The summed E-state index contributed by atoms with van der Waals surface area (Å²) in [5.41, 5.74) is 2.58. The lowest BCUT2D eigenvalue weighted by Gasteiger charge is -2.34. The van der Waals surface area contributed by atoms with Crippen LogP contribution in [0, 0.1) is 5.92 Å². The second kappa shape index (κ2) is 9.97. The van der Waals surface area contributed by atoms with Crippen molar-refractivity contribution in [2.24, 2.45) is 5.92 Å². The van der Waals surface area contributed by atoms with Gasteiger partial charge in [0.15, 0.2) is 0 Å². The first-order valence-corrected chi connectivity index (χ1v) is 11.7. The molecule has 4 rings (SSSR count). The van der Waals surface area contributed by atoms with Crippen LogP contribution < -0.4 is 4.74 Å². The second-order valence-corrected chi connectivity index (χ2v) is 9.12. The Balaban J connectivity index is 1.28. The molecule has 0 radical (unpaired) electrons. The first kappa shape index (κ1) is 21.4. The van der Waals surface area contributed by atoms with Gasteiger partial charge in [-0.2, -0.15) is 0 Å². The molecule has 0 saturated carbocycles. The van der Waals surface area contributed by atoms with Crippen molar-refractivity contribution in [3.05, 3.63) is 35.9 Å². The van der Waals surface area contributed by atoms with Crippen LogP contribution in [0.25, 0.3) is 5.57 Å². The molecule has 0 aliphatic carbocycles. The van der Waals surface area contributed by atoms with E-state index in [1.807, 2.05) is 4.90 Å². The van der Waals surface area contributed by atoms with Gasteiger partial charge in [0.1, 0.15) is 11.9 Å². The summed E-state index contributed by atoms with van der Waals surface area (Å²) in [4.78, 5) is 17.2. The lowest BCUT2D eigenvalue weighted by atomic mass is 9.95. The molecule has 0 unspecified atom stereocenters. The minimum Gasteiger partial charge on any atom is -0.490 e. The van der Waals surface area contributed by atoms with Crippen molar-refractivity contribution in [1.82, 2.24) is 9.80 Å². The minimum absolute atomic E-state index is 0.150.